The van der Waals surface area contributed by atoms with E-state index in [1.165, 1.54) is 0 Å². The number of nitrogens with two attached hydrogens (primary N) is 1. The third-order valence-corrected chi connectivity index (χ3v) is 4.62. The van der Waals surface area contributed by atoms with Crippen LogP contribution in [-0.4, -0.2) is 25.7 Å². The normalized spacial score (nSPS) is 12.0. The predicted molar refractivity (Wildman–Crippen MR) is 105 cm³/mol. The largest absolute Gasteiger partial charge is 0.369 e. The molecule has 0 radical (unpaired) electrons. The van der Waals surface area contributed by atoms with Gasteiger partial charge in [-0.25, -0.2) is 9.97 Å². The van der Waals surface area contributed by atoms with Gasteiger partial charge in [0, 0.05) is 25.1 Å². The second-order valence-corrected chi connectivity index (χ2v) is 6.67. The number of carbonyl (C=O) groups is 1. The van der Waals surface area contributed by atoms with Gasteiger partial charge in [0.2, 0.25) is 11.9 Å². The zero-order chi connectivity index (χ0) is 19.4. The maximum absolute atomic E-state index is 11.6. The summed E-state index contributed by atoms with van der Waals surface area (Å²) in [5.41, 5.74) is 10.4. The molecule has 0 spiro atoms. The van der Waals surface area contributed by atoms with E-state index in [1.807, 2.05) is 57.6 Å². The van der Waals surface area contributed by atoms with Crippen LogP contribution in [0.1, 0.15) is 35.2 Å². The molecule has 27 heavy (non-hydrogen) atoms. The second-order valence-electron chi connectivity index (χ2n) is 6.67. The summed E-state index contributed by atoms with van der Waals surface area (Å²) in [6.45, 7) is 3.84. The number of rotatable bonds is 7. The molecule has 140 valence electrons. The Hall–Kier alpha value is -3.22. The number of aryl methyl sites for hydroxylation is 4. The van der Waals surface area contributed by atoms with Crippen molar-refractivity contribution in [1.82, 2.24) is 19.7 Å². The van der Waals surface area contributed by atoms with Gasteiger partial charge in [-0.3, -0.25) is 9.48 Å². The minimum atomic E-state index is -0.316. The quantitative estimate of drug-likeness (QED) is 0.671. The molecule has 7 heteroatoms. The van der Waals surface area contributed by atoms with Gasteiger partial charge in [0.15, 0.2) is 0 Å². The molecule has 3 rings (SSSR count). The first-order chi connectivity index (χ1) is 12.9. The molecule has 0 aliphatic rings. The number of nitrogens with zero attached hydrogens (tertiary/aromatic N) is 4. The zero-order valence-electron chi connectivity index (χ0n) is 15.8. The first-order valence-electron chi connectivity index (χ1n) is 8.89. The molecule has 0 unspecified atom stereocenters. The van der Waals surface area contributed by atoms with Crippen molar-refractivity contribution in [3.63, 3.8) is 0 Å². The summed E-state index contributed by atoms with van der Waals surface area (Å²) in [6, 6.07) is 7.92. The molecule has 0 saturated heterocycles. The van der Waals surface area contributed by atoms with Gasteiger partial charge in [0.05, 0.1) is 17.8 Å². The molecule has 0 aliphatic carbocycles. The highest BCUT2D eigenvalue weighted by atomic mass is 16.1. The molecule has 0 saturated carbocycles. The van der Waals surface area contributed by atoms with E-state index in [2.05, 4.69) is 20.4 Å². The van der Waals surface area contributed by atoms with Crippen molar-refractivity contribution in [3.8, 4) is 0 Å². The summed E-state index contributed by atoms with van der Waals surface area (Å²) in [7, 11) is 1.86. The molecule has 2 aromatic heterocycles. The van der Waals surface area contributed by atoms with E-state index >= 15 is 0 Å². The monoisotopic (exact) mass is 364 g/mol. The molecule has 1 aromatic carbocycles. The number of anilines is 2. The van der Waals surface area contributed by atoms with Crippen LogP contribution in [0.15, 0.2) is 42.9 Å². The minimum absolute atomic E-state index is 0.310. The lowest BCUT2D eigenvalue weighted by molar-refractivity contribution is -0.119. The third kappa shape index (κ3) is 4.49. The van der Waals surface area contributed by atoms with Gasteiger partial charge in [-0.2, -0.15) is 5.10 Å². The lowest BCUT2D eigenvalue weighted by Crippen LogP contribution is -2.20. The van der Waals surface area contributed by atoms with Crippen molar-refractivity contribution in [2.24, 2.45) is 12.8 Å². The standard InChI is InChI=1S/C20H24N6O/c1-13-10-22-20(24-16-11-23-26(3)12-16)25-18(13)9-8-15-6-4-5-7-17(15)14(2)19(21)27/h4-7,10-12,14H,8-9H2,1-3H3,(H2,21,27)(H,22,24,25)/t14-/m1/s1. The fourth-order valence-electron chi connectivity index (χ4n) is 3.00. The molecule has 2 heterocycles. The van der Waals surface area contributed by atoms with Gasteiger partial charge in [-0.1, -0.05) is 24.3 Å². The molecule has 3 N–H and O–H groups in total. The molecule has 1 amide bonds. The number of aromatic nitrogens is 4. The molecular weight excluding hydrogens is 340 g/mol. The van der Waals surface area contributed by atoms with E-state index < -0.39 is 0 Å². The number of hydrogen-bond acceptors (Lipinski definition) is 5. The fraction of sp³-hybridized carbons (Fsp3) is 0.300. The molecule has 0 bridgehead atoms. The minimum Gasteiger partial charge on any atom is -0.369 e. The van der Waals surface area contributed by atoms with Crippen LogP contribution < -0.4 is 11.1 Å². The number of primary amides is 1. The Morgan fingerprint density at radius 1 is 1.26 bits per heavy atom. The first kappa shape index (κ1) is 18.6. The lowest BCUT2D eigenvalue weighted by atomic mass is 9.92. The molecule has 3 aromatic rings. The van der Waals surface area contributed by atoms with Crippen molar-refractivity contribution in [3.05, 3.63) is 65.2 Å². The number of benzene rings is 1. The van der Waals surface area contributed by atoms with E-state index in [1.54, 1.807) is 10.9 Å². The fourth-order valence-corrected chi connectivity index (χ4v) is 3.00. The Morgan fingerprint density at radius 3 is 2.74 bits per heavy atom. The highest BCUT2D eigenvalue weighted by Gasteiger charge is 2.15. The second kappa shape index (κ2) is 7.99. The average Bonchev–Trinajstić information content (AvgIpc) is 3.06. The van der Waals surface area contributed by atoms with E-state index in [4.69, 9.17) is 5.73 Å². The molecule has 0 fully saturated rings. The Morgan fingerprint density at radius 2 is 2.04 bits per heavy atom. The van der Waals surface area contributed by atoms with Gasteiger partial charge in [0.25, 0.3) is 0 Å². The Kier molecular flexibility index (Phi) is 5.49. The molecule has 7 nitrogen and oxygen atoms in total. The summed E-state index contributed by atoms with van der Waals surface area (Å²) in [5, 5.41) is 7.30. The van der Waals surface area contributed by atoms with Crippen molar-refractivity contribution in [2.45, 2.75) is 32.6 Å². The van der Waals surface area contributed by atoms with E-state index in [0.717, 1.165) is 40.9 Å². The van der Waals surface area contributed by atoms with Crippen LogP contribution in [0.4, 0.5) is 11.6 Å². The lowest BCUT2D eigenvalue weighted by Gasteiger charge is -2.14. The highest BCUT2D eigenvalue weighted by molar-refractivity contribution is 5.81. The average molecular weight is 364 g/mol. The number of amides is 1. The number of nitrogens with one attached hydrogen (secondary N) is 1. The third-order valence-electron chi connectivity index (χ3n) is 4.62. The molecule has 1 atom stereocenters. The zero-order valence-corrected chi connectivity index (χ0v) is 15.8. The number of hydrogen-bond donors (Lipinski definition) is 2. The SMILES string of the molecule is Cc1cnc(Nc2cnn(C)c2)nc1CCc1ccccc1[C@@H](C)C(N)=O. The summed E-state index contributed by atoms with van der Waals surface area (Å²) in [5.74, 6) is -0.0819. The summed E-state index contributed by atoms with van der Waals surface area (Å²) in [4.78, 5) is 20.6. The van der Waals surface area contributed by atoms with Crippen LogP contribution in [0.5, 0.6) is 0 Å². The van der Waals surface area contributed by atoms with Crippen molar-refractivity contribution < 1.29 is 4.79 Å². The van der Waals surface area contributed by atoms with Crippen molar-refractivity contribution in [1.29, 1.82) is 0 Å². The van der Waals surface area contributed by atoms with Crippen LogP contribution in [0.3, 0.4) is 0 Å². The van der Waals surface area contributed by atoms with Crippen molar-refractivity contribution in [2.75, 3.05) is 5.32 Å². The van der Waals surface area contributed by atoms with Crippen LogP contribution in [0.25, 0.3) is 0 Å². The van der Waals surface area contributed by atoms with E-state index in [9.17, 15) is 4.79 Å². The van der Waals surface area contributed by atoms with Crippen LogP contribution >= 0.6 is 0 Å². The summed E-state index contributed by atoms with van der Waals surface area (Å²) in [6.07, 6.45) is 6.93. The van der Waals surface area contributed by atoms with Gasteiger partial charge in [-0.05, 0) is 43.4 Å². The van der Waals surface area contributed by atoms with E-state index in [-0.39, 0.29) is 11.8 Å². The van der Waals surface area contributed by atoms with E-state index in [0.29, 0.717) is 5.95 Å². The topological polar surface area (TPSA) is 98.7 Å². The molecule has 0 aliphatic heterocycles. The first-order valence-corrected chi connectivity index (χ1v) is 8.89. The molecular formula is C20H24N6O. The van der Waals surface area contributed by atoms with Crippen LogP contribution in [0.2, 0.25) is 0 Å². The van der Waals surface area contributed by atoms with Crippen molar-refractivity contribution >= 4 is 17.5 Å². The maximum Gasteiger partial charge on any atom is 0.227 e. The van der Waals surface area contributed by atoms with Gasteiger partial charge < -0.3 is 11.1 Å². The Balaban J connectivity index is 1.76. The van der Waals surface area contributed by atoms with Gasteiger partial charge in [-0.15, -0.1) is 0 Å². The summed E-state index contributed by atoms with van der Waals surface area (Å²) < 4.78 is 1.72. The Labute approximate surface area is 158 Å². The summed E-state index contributed by atoms with van der Waals surface area (Å²) >= 11 is 0. The Bertz CT molecular complexity index is 949. The van der Waals surface area contributed by atoms with Crippen LogP contribution in [0, 0.1) is 6.92 Å². The highest BCUT2D eigenvalue weighted by Crippen LogP contribution is 2.22. The maximum atomic E-state index is 11.6. The number of carbonyl (C=O) groups excluding carboxylic acids is 1. The predicted octanol–water partition coefficient (Wildman–Crippen LogP) is 2.64. The smallest absolute Gasteiger partial charge is 0.227 e. The van der Waals surface area contributed by atoms with Gasteiger partial charge >= 0.3 is 0 Å². The van der Waals surface area contributed by atoms with Crippen LogP contribution in [-0.2, 0) is 24.7 Å². The van der Waals surface area contributed by atoms with Gasteiger partial charge in [0.1, 0.15) is 0 Å².